The first-order chi connectivity index (χ1) is 10.7. The van der Waals surface area contributed by atoms with Crippen LogP contribution in [-0.2, 0) is 0 Å². The molecule has 2 aliphatic carbocycles. The number of hydrogen-bond donors (Lipinski definition) is 2. The summed E-state index contributed by atoms with van der Waals surface area (Å²) in [5.74, 6) is 0.418. The van der Waals surface area contributed by atoms with Gasteiger partial charge in [-0.15, -0.1) is 0 Å². The molecule has 0 radical (unpaired) electrons. The molecule has 0 aliphatic heterocycles. The summed E-state index contributed by atoms with van der Waals surface area (Å²) in [5, 5.41) is 3.02. The number of nitrogens with one attached hydrogen (secondary N) is 2. The predicted molar refractivity (Wildman–Crippen MR) is 88.6 cm³/mol. The highest BCUT2D eigenvalue weighted by Gasteiger charge is 2.44. The predicted octanol–water partition coefficient (Wildman–Crippen LogP) is 4.93. The zero-order valence-electron chi connectivity index (χ0n) is 11.7. The second-order valence-corrected chi connectivity index (χ2v) is 6.71. The second kappa shape index (κ2) is 5.18. The van der Waals surface area contributed by atoms with Crippen molar-refractivity contribution < 1.29 is 4.79 Å². The molecule has 1 aromatic heterocycles. The topological polar surface area (TPSA) is 44.9 Å². The molecule has 22 heavy (non-hydrogen) atoms. The van der Waals surface area contributed by atoms with E-state index in [1.54, 1.807) is 18.5 Å². The Morgan fingerprint density at radius 1 is 1.18 bits per heavy atom. The van der Waals surface area contributed by atoms with Crippen LogP contribution in [0.15, 0.2) is 46.7 Å². The van der Waals surface area contributed by atoms with E-state index in [4.69, 9.17) is 23.2 Å². The first-order valence-corrected chi connectivity index (χ1v) is 8.04. The second-order valence-electron chi connectivity index (χ2n) is 5.76. The number of H-pyrrole nitrogens is 1. The van der Waals surface area contributed by atoms with Gasteiger partial charge in [0.1, 0.15) is 4.49 Å². The minimum absolute atomic E-state index is 0.111. The third-order valence-electron chi connectivity index (χ3n) is 4.69. The summed E-state index contributed by atoms with van der Waals surface area (Å²) in [7, 11) is 0. The summed E-state index contributed by atoms with van der Waals surface area (Å²) in [4.78, 5) is 15.2. The fourth-order valence-corrected chi connectivity index (χ4v) is 4.34. The van der Waals surface area contributed by atoms with Crippen LogP contribution >= 0.6 is 23.2 Å². The van der Waals surface area contributed by atoms with E-state index in [9.17, 15) is 4.79 Å². The Kier molecular flexibility index (Phi) is 3.28. The van der Waals surface area contributed by atoms with E-state index in [-0.39, 0.29) is 11.8 Å². The van der Waals surface area contributed by atoms with Crippen molar-refractivity contribution >= 4 is 34.8 Å². The van der Waals surface area contributed by atoms with E-state index < -0.39 is 0 Å². The van der Waals surface area contributed by atoms with Gasteiger partial charge < -0.3 is 10.3 Å². The van der Waals surface area contributed by atoms with E-state index in [2.05, 4.69) is 16.4 Å². The molecular weight excluding hydrogens is 319 g/mol. The Labute approximate surface area is 138 Å². The third-order valence-corrected chi connectivity index (χ3v) is 5.12. The molecule has 2 atom stereocenters. The normalized spacial score (nSPS) is 21.8. The number of aromatic amines is 1. The highest BCUT2D eigenvalue weighted by atomic mass is 35.5. The lowest BCUT2D eigenvalue weighted by atomic mass is 9.90. The SMILES string of the molecule is O=C(Nc1cccc2c1C1CCC2C1=C(Cl)Cl)c1cc[nH]c1. The minimum atomic E-state index is -0.111. The van der Waals surface area contributed by atoms with Crippen LogP contribution in [0.2, 0.25) is 0 Å². The Morgan fingerprint density at radius 2 is 2.00 bits per heavy atom. The van der Waals surface area contributed by atoms with Gasteiger partial charge in [0.2, 0.25) is 0 Å². The lowest BCUT2D eigenvalue weighted by Gasteiger charge is -2.18. The molecule has 5 heteroatoms. The van der Waals surface area contributed by atoms with Crippen LogP contribution in [0.5, 0.6) is 0 Å². The van der Waals surface area contributed by atoms with Crippen LogP contribution < -0.4 is 5.32 Å². The molecule has 1 saturated carbocycles. The van der Waals surface area contributed by atoms with Gasteiger partial charge in [-0.1, -0.05) is 35.3 Å². The molecule has 0 saturated heterocycles. The molecule has 2 unspecified atom stereocenters. The molecule has 112 valence electrons. The first kappa shape index (κ1) is 13.9. The summed E-state index contributed by atoms with van der Waals surface area (Å²) >= 11 is 12.2. The van der Waals surface area contributed by atoms with Crippen molar-refractivity contribution in [2.24, 2.45) is 0 Å². The van der Waals surface area contributed by atoms with E-state index in [1.165, 1.54) is 11.1 Å². The lowest BCUT2D eigenvalue weighted by Crippen LogP contribution is -2.14. The minimum Gasteiger partial charge on any atom is -0.367 e. The van der Waals surface area contributed by atoms with Crippen molar-refractivity contribution in [3.05, 3.63) is 63.4 Å². The standard InChI is InChI=1S/C17H14Cl2N2O/c18-16(19)15-11-4-5-12(15)14-10(11)2-1-3-13(14)21-17(22)9-6-7-20-8-9/h1-3,6-8,11-12,20H,4-5H2,(H,21,22). The Balaban J connectivity index is 1.74. The van der Waals surface area contributed by atoms with Crippen molar-refractivity contribution in [2.75, 3.05) is 5.32 Å². The molecule has 4 rings (SSSR count). The Hall–Kier alpha value is -1.71. The number of amides is 1. The van der Waals surface area contributed by atoms with E-state index >= 15 is 0 Å². The maximum atomic E-state index is 12.3. The molecule has 1 aromatic carbocycles. The van der Waals surface area contributed by atoms with Crippen LogP contribution in [-0.4, -0.2) is 10.9 Å². The molecule has 2 bridgehead atoms. The monoisotopic (exact) mass is 332 g/mol. The molecule has 1 fully saturated rings. The Bertz CT molecular complexity index is 776. The number of carbonyl (C=O) groups excluding carboxylic acids is 1. The number of anilines is 1. The quantitative estimate of drug-likeness (QED) is 0.804. The maximum absolute atomic E-state index is 12.3. The van der Waals surface area contributed by atoms with Crippen molar-refractivity contribution in [1.82, 2.24) is 4.98 Å². The molecule has 2 aromatic rings. The van der Waals surface area contributed by atoms with Gasteiger partial charge in [-0.05, 0) is 41.7 Å². The molecule has 1 heterocycles. The molecular formula is C17H14Cl2N2O. The highest BCUT2D eigenvalue weighted by molar-refractivity contribution is 6.56. The number of allylic oxidation sites excluding steroid dienone is 1. The fraction of sp³-hybridized carbons (Fsp3) is 0.235. The maximum Gasteiger partial charge on any atom is 0.257 e. The molecule has 2 aliphatic rings. The van der Waals surface area contributed by atoms with Crippen LogP contribution in [0.4, 0.5) is 5.69 Å². The summed E-state index contributed by atoms with van der Waals surface area (Å²) in [5.41, 5.74) is 5.02. The van der Waals surface area contributed by atoms with E-state index in [1.807, 2.05) is 12.1 Å². The number of carbonyl (C=O) groups is 1. The van der Waals surface area contributed by atoms with Crippen molar-refractivity contribution in [1.29, 1.82) is 0 Å². The van der Waals surface area contributed by atoms with Gasteiger partial charge in [0.15, 0.2) is 0 Å². The van der Waals surface area contributed by atoms with Gasteiger partial charge >= 0.3 is 0 Å². The average molecular weight is 333 g/mol. The Morgan fingerprint density at radius 3 is 2.73 bits per heavy atom. The number of aromatic nitrogens is 1. The van der Waals surface area contributed by atoms with Crippen molar-refractivity contribution in [3.63, 3.8) is 0 Å². The van der Waals surface area contributed by atoms with E-state index in [0.717, 1.165) is 24.1 Å². The average Bonchev–Trinajstić information content (AvgIpc) is 3.22. The van der Waals surface area contributed by atoms with Gasteiger partial charge in [-0.3, -0.25) is 4.79 Å². The number of rotatable bonds is 2. The largest absolute Gasteiger partial charge is 0.367 e. The van der Waals surface area contributed by atoms with Gasteiger partial charge in [-0.2, -0.15) is 0 Å². The zero-order chi connectivity index (χ0) is 15.3. The lowest BCUT2D eigenvalue weighted by molar-refractivity contribution is 0.102. The van der Waals surface area contributed by atoms with Gasteiger partial charge in [-0.25, -0.2) is 0 Å². The van der Waals surface area contributed by atoms with Crippen LogP contribution in [0.3, 0.4) is 0 Å². The summed E-state index contributed by atoms with van der Waals surface area (Å²) in [6.45, 7) is 0. The summed E-state index contributed by atoms with van der Waals surface area (Å²) < 4.78 is 0.381. The van der Waals surface area contributed by atoms with Gasteiger partial charge in [0, 0.05) is 29.9 Å². The molecule has 0 spiro atoms. The third kappa shape index (κ3) is 2.00. The van der Waals surface area contributed by atoms with Gasteiger partial charge in [0.25, 0.3) is 5.91 Å². The molecule has 1 amide bonds. The van der Waals surface area contributed by atoms with Crippen LogP contribution in [0.1, 0.15) is 46.2 Å². The van der Waals surface area contributed by atoms with Crippen LogP contribution in [0, 0.1) is 0 Å². The number of benzene rings is 1. The summed E-state index contributed by atoms with van der Waals surface area (Å²) in [6.07, 6.45) is 5.53. The smallest absolute Gasteiger partial charge is 0.257 e. The number of hydrogen-bond acceptors (Lipinski definition) is 1. The van der Waals surface area contributed by atoms with Crippen molar-refractivity contribution in [3.8, 4) is 0 Å². The first-order valence-electron chi connectivity index (χ1n) is 7.29. The number of fused-ring (bicyclic) bond motifs is 5. The van der Waals surface area contributed by atoms with E-state index in [0.29, 0.717) is 16.0 Å². The number of halogens is 2. The molecule has 3 nitrogen and oxygen atoms in total. The van der Waals surface area contributed by atoms with Crippen LogP contribution in [0.25, 0.3) is 0 Å². The van der Waals surface area contributed by atoms with Crippen molar-refractivity contribution in [2.45, 2.75) is 24.7 Å². The molecule has 2 N–H and O–H groups in total. The zero-order valence-corrected chi connectivity index (χ0v) is 13.2. The fourth-order valence-electron chi connectivity index (χ4n) is 3.82. The van der Waals surface area contributed by atoms with Gasteiger partial charge in [0.05, 0.1) is 5.56 Å². The highest BCUT2D eigenvalue weighted by Crippen LogP contribution is 2.60. The summed E-state index contributed by atoms with van der Waals surface area (Å²) in [6, 6.07) is 7.79.